The number of hydrogen-bond acceptors (Lipinski definition) is 9. The van der Waals surface area contributed by atoms with Crippen LogP contribution in [0.25, 0.3) is 0 Å². The lowest BCUT2D eigenvalue weighted by Gasteiger charge is -2.23. The zero-order valence-corrected chi connectivity index (χ0v) is 18.0. The van der Waals surface area contributed by atoms with Crippen LogP contribution in [0.5, 0.6) is 11.5 Å². The summed E-state index contributed by atoms with van der Waals surface area (Å²) in [4.78, 5) is 10.7. The van der Waals surface area contributed by atoms with Gasteiger partial charge in [0.1, 0.15) is 30.0 Å². The number of methoxy groups -OCH3 is 1. The Morgan fingerprint density at radius 2 is 2.19 bits per heavy atom. The molecule has 2 fully saturated rings. The third-order valence-corrected chi connectivity index (χ3v) is 5.92. The molecule has 0 aliphatic carbocycles. The van der Waals surface area contributed by atoms with Crippen LogP contribution < -0.4 is 25.6 Å². The van der Waals surface area contributed by atoms with Gasteiger partial charge in [0.2, 0.25) is 0 Å². The second-order valence-corrected chi connectivity index (χ2v) is 7.81. The predicted molar refractivity (Wildman–Crippen MR) is 117 cm³/mol. The monoisotopic (exact) mass is 423 g/mol. The van der Waals surface area contributed by atoms with Gasteiger partial charge in [-0.3, -0.25) is 4.90 Å². The van der Waals surface area contributed by atoms with Crippen molar-refractivity contribution in [1.29, 1.82) is 5.26 Å². The summed E-state index contributed by atoms with van der Waals surface area (Å²) in [5.74, 6) is 2.24. The molecule has 1 aromatic carbocycles. The van der Waals surface area contributed by atoms with Gasteiger partial charge in [-0.1, -0.05) is 13.0 Å². The molecular weight excluding hydrogens is 394 g/mol. The summed E-state index contributed by atoms with van der Waals surface area (Å²) in [6.07, 6.45) is 6.20. The first kappa shape index (κ1) is 21.3. The molecule has 4 rings (SSSR count). The number of hydrazine groups is 1. The summed E-state index contributed by atoms with van der Waals surface area (Å²) >= 11 is 0. The molecule has 2 aromatic rings. The molecular formula is C22H29N7O2. The Hall–Kier alpha value is -2.93. The first-order valence-corrected chi connectivity index (χ1v) is 10.7. The van der Waals surface area contributed by atoms with Crippen molar-refractivity contribution in [2.45, 2.75) is 44.4 Å². The van der Waals surface area contributed by atoms with Gasteiger partial charge >= 0.3 is 0 Å². The van der Waals surface area contributed by atoms with Gasteiger partial charge in [-0.2, -0.15) is 5.26 Å². The van der Waals surface area contributed by atoms with E-state index in [1.165, 1.54) is 19.0 Å². The number of aromatic nitrogens is 2. The van der Waals surface area contributed by atoms with Crippen LogP contribution >= 0.6 is 0 Å². The molecule has 9 nitrogen and oxygen atoms in total. The summed E-state index contributed by atoms with van der Waals surface area (Å²) in [6, 6.07) is 8.57. The van der Waals surface area contributed by atoms with Gasteiger partial charge in [0.05, 0.1) is 31.7 Å². The van der Waals surface area contributed by atoms with Crippen LogP contribution in [-0.2, 0) is 0 Å². The van der Waals surface area contributed by atoms with Crippen LogP contribution in [-0.4, -0.2) is 53.9 Å². The number of hydrogen-bond donors (Lipinski definition) is 3. The fourth-order valence-corrected chi connectivity index (χ4v) is 4.26. The average molecular weight is 424 g/mol. The Balaban J connectivity index is 1.36. The third-order valence-electron chi connectivity index (χ3n) is 5.92. The number of benzene rings is 1. The van der Waals surface area contributed by atoms with Crippen molar-refractivity contribution in [1.82, 2.24) is 25.7 Å². The van der Waals surface area contributed by atoms with E-state index >= 15 is 0 Å². The smallest absolute Gasteiger partial charge is 0.158 e. The van der Waals surface area contributed by atoms with E-state index in [1.54, 1.807) is 13.3 Å². The molecule has 3 N–H and O–H groups in total. The normalized spacial score (nSPS) is 23.5. The molecule has 9 heteroatoms. The molecule has 1 aromatic heterocycles. The van der Waals surface area contributed by atoms with Crippen LogP contribution in [0.3, 0.4) is 0 Å². The van der Waals surface area contributed by atoms with E-state index in [9.17, 15) is 0 Å². The van der Waals surface area contributed by atoms with Crippen molar-refractivity contribution in [3.05, 3.63) is 41.9 Å². The lowest BCUT2D eigenvalue weighted by Crippen LogP contribution is -2.36. The maximum Gasteiger partial charge on any atom is 0.158 e. The second kappa shape index (κ2) is 9.92. The first-order valence-electron chi connectivity index (χ1n) is 10.7. The molecule has 0 radical (unpaired) electrons. The SMILES string of the molecule is CCN1CCC[C@@H]1COc1ccc(C2CC(Nc3cnc(C#N)cn3)NN2)c(OC)c1. The highest BCUT2D eigenvalue weighted by Gasteiger charge is 2.28. The fourth-order valence-electron chi connectivity index (χ4n) is 4.26. The summed E-state index contributed by atoms with van der Waals surface area (Å²) in [6.45, 7) is 5.14. The molecule has 0 bridgehead atoms. The summed E-state index contributed by atoms with van der Waals surface area (Å²) in [5, 5.41) is 12.1. The van der Waals surface area contributed by atoms with Gasteiger partial charge < -0.3 is 14.8 Å². The van der Waals surface area contributed by atoms with E-state index in [4.69, 9.17) is 14.7 Å². The zero-order chi connectivity index (χ0) is 21.6. The zero-order valence-electron chi connectivity index (χ0n) is 18.0. The number of ether oxygens (including phenoxy) is 2. The number of likely N-dealkylation sites (tertiary alicyclic amines) is 1. The van der Waals surface area contributed by atoms with Gasteiger partial charge in [-0.05, 0) is 32.0 Å². The standard InChI is InChI=1S/C22H29N7O2/c1-3-29-8-4-5-16(29)14-31-17-6-7-18(20(9-17)30-2)19-10-21(28-27-19)26-22-13-24-15(11-23)12-25-22/h6-7,9,12-13,16,19,21,27-28H,3-5,8,10,14H2,1-2H3,(H,25,26)/t16-,19?,21?/m1/s1. The minimum atomic E-state index is -0.0322. The molecule has 164 valence electrons. The number of rotatable bonds is 8. The molecule has 0 saturated carbocycles. The Labute approximate surface area is 182 Å². The molecule has 2 saturated heterocycles. The molecule has 3 heterocycles. The molecule has 2 aliphatic rings. The van der Waals surface area contributed by atoms with Gasteiger partial charge in [0.15, 0.2) is 5.69 Å². The largest absolute Gasteiger partial charge is 0.496 e. The minimum absolute atomic E-state index is 0.0322. The van der Waals surface area contributed by atoms with Crippen molar-refractivity contribution in [3.63, 3.8) is 0 Å². The summed E-state index contributed by atoms with van der Waals surface area (Å²) in [5.41, 5.74) is 7.90. The molecule has 31 heavy (non-hydrogen) atoms. The summed E-state index contributed by atoms with van der Waals surface area (Å²) in [7, 11) is 1.68. The maximum absolute atomic E-state index is 8.84. The minimum Gasteiger partial charge on any atom is -0.496 e. The molecule has 2 aliphatic heterocycles. The lowest BCUT2D eigenvalue weighted by molar-refractivity contribution is 0.178. The van der Waals surface area contributed by atoms with Crippen LogP contribution in [0.4, 0.5) is 5.82 Å². The Bertz CT molecular complexity index is 915. The van der Waals surface area contributed by atoms with E-state index < -0.39 is 0 Å². The van der Waals surface area contributed by atoms with Gasteiger partial charge in [-0.25, -0.2) is 20.8 Å². The average Bonchev–Trinajstić information content (AvgIpc) is 3.47. The van der Waals surface area contributed by atoms with Crippen molar-refractivity contribution in [2.24, 2.45) is 0 Å². The highest BCUT2D eigenvalue weighted by molar-refractivity contribution is 5.43. The van der Waals surface area contributed by atoms with Gasteiger partial charge in [0.25, 0.3) is 0 Å². The van der Waals surface area contributed by atoms with Crippen molar-refractivity contribution < 1.29 is 9.47 Å². The number of nitriles is 1. The van der Waals surface area contributed by atoms with Crippen molar-refractivity contribution in [2.75, 3.05) is 32.1 Å². The maximum atomic E-state index is 8.84. The number of nitrogens with zero attached hydrogens (tertiary/aromatic N) is 4. The van der Waals surface area contributed by atoms with Crippen LogP contribution in [0.15, 0.2) is 30.6 Å². The quantitative estimate of drug-likeness (QED) is 0.589. The second-order valence-electron chi connectivity index (χ2n) is 7.81. The van der Waals surface area contributed by atoms with E-state index in [0.29, 0.717) is 24.2 Å². The van der Waals surface area contributed by atoms with Gasteiger partial charge in [-0.15, -0.1) is 0 Å². The van der Waals surface area contributed by atoms with E-state index in [1.807, 2.05) is 18.2 Å². The molecule has 3 atom stereocenters. The molecule has 0 amide bonds. The highest BCUT2D eigenvalue weighted by atomic mass is 16.5. The first-order chi connectivity index (χ1) is 15.2. The topological polar surface area (TPSA) is 107 Å². The number of nitrogens with one attached hydrogen (secondary N) is 3. The van der Waals surface area contributed by atoms with Crippen molar-refractivity contribution in [3.8, 4) is 17.6 Å². The number of anilines is 1. The van der Waals surface area contributed by atoms with E-state index in [2.05, 4.69) is 44.0 Å². The van der Waals surface area contributed by atoms with Gasteiger partial charge in [0, 0.05) is 24.1 Å². The van der Waals surface area contributed by atoms with E-state index in [-0.39, 0.29) is 12.2 Å². The molecule has 2 unspecified atom stereocenters. The number of likely N-dealkylation sites (N-methyl/N-ethyl adjacent to an activating group) is 1. The van der Waals surface area contributed by atoms with Crippen LogP contribution in [0.1, 0.15) is 43.5 Å². The third kappa shape index (κ3) is 5.05. The molecule has 0 spiro atoms. The Morgan fingerprint density at radius 3 is 2.94 bits per heavy atom. The lowest BCUT2D eigenvalue weighted by atomic mass is 10.0. The predicted octanol–water partition coefficient (Wildman–Crippen LogP) is 2.20. The van der Waals surface area contributed by atoms with E-state index in [0.717, 1.165) is 36.6 Å². The Kier molecular flexibility index (Phi) is 6.82. The van der Waals surface area contributed by atoms with Crippen LogP contribution in [0.2, 0.25) is 0 Å². The van der Waals surface area contributed by atoms with Crippen LogP contribution in [0, 0.1) is 11.3 Å². The highest BCUT2D eigenvalue weighted by Crippen LogP contribution is 2.33. The fraction of sp³-hybridized carbons (Fsp3) is 0.500. The van der Waals surface area contributed by atoms with Crippen molar-refractivity contribution >= 4 is 5.82 Å². The summed E-state index contributed by atoms with van der Waals surface area (Å²) < 4.78 is 11.8. The Morgan fingerprint density at radius 1 is 1.29 bits per heavy atom.